The maximum atomic E-state index is 12.6. The van der Waals surface area contributed by atoms with E-state index < -0.39 is 11.3 Å². The molecule has 3 atom stereocenters. The van der Waals surface area contributed by atoms with Crippen molar-refractivity contribution < 1.29 is 19.1 Å². The van der Waals surface area contributed by atoms with Gasteiger partial charge in [-0.2, -0.15) is 0 Å². The fourth-order valence-corrected chi connectivity index (χ4v) is 4.14. The molecular weight excluding hydrogens is 308 g/mol. The van der Waals surface area contributed by atoms with E-state index in [1.165, 1.54) is 19.3 Å². The van der Waals surface area contributed by atoms with Gasteiger partial charge in [0, 0.05) is 6.54 Å². The van der Waals surface area contributed by atoms with E-state index >= 15 is 0 Å². The van der Waals surface area contributed by atoms with Gasteiger partial charge in [0.25, 0.3) is 5.91 Å². The zero-order valence-electron chi connectivity index (χ0n) is 15.1. The second kappa shape index (κ2) is 6.64. The number of nitrogens with zero attached hydrogens (tertiary/aromatic N) is 1. The summed E-state index contributed by atoms with van der Waals surface area (Å²) in [5.41, 5.74) is -1.56. The number of likely N-dealkylation sites (tertiary alicyclic amines) is 1. The molecule has 0 bridgehead atoms. The van der Waals surface area contributed by atoms with E-state index in [4.69, 9.17) is 9.47 Å². The Morgan fingerprint density at radius 1 is 1.33 bits per heavy atom. The molecule has 0 aromatic rings. The predicted molar refractivity (Wildman–Crippen MR) is 89.2 cm³/mol. The van der Waals surface area contributed by atoms with Crippen LogP contribution in [0.3, 0.4) is 0 Å². The second-order valence-electron chi connectivity index (χ2n) is 8.09. The van der Waals surface area contributed by atoms with E-state index in [9.17, 15) is 9.59 Å². The minimum absolute atomic E-state index is 0.00518. The summed E-state index contributed by atoms with van der Waals surface area (Å²) in [5.74, 6) is 0.413. The van der Waals surface area contributed by atoms with Gasteiger partial charge in [0.05, 0.1) is 12.6 Å². The molecule has 3 fully saturated rings. The van der Waals surface area contributed by atoms with E-state index in [1.54, 1.807) is 18.7 Å². The Labute approximate surface area is 144 Å². The standard InChI is InChI=1S/C18H30N2O4/c1-13-7-4-5-8-14(13)23-11-15(21)20-10-6-9-18(12-20)19-16(22)17(2,3)24-18/h13-14H,4-12H2,1-3H3,(H,19,22). The summed E-state index contributed by atoms with van der Waals surface area (Å²) < 4.78 is 11.9. The van der Waals surface area contributed by atoms with Crippen molar-refractivity contribution in [1.82, 2.24) is 10.2 Å². The summed E-state index contributed by atoms with van der Waals surface area (Å²) in [7, 11) is 0. The maximum Gasteiger partial charge on any atom is 0.254 e. The highest BCUT2D eigenvalue weighted by Gasteiger charge is 2.52. The fourth-order valence-electron chi connectivity index (χ4n) is 4.14. The van der Waals surface area contributed by atoms with E-state index in [2.05, 4.69) is 12.2 Å². The maximum absolute atomic E-state index is 12.6. The van der Waals surface area contributed by atoms with Gasteiger partial charge >= 0.3 is 0 Å². The number of rotatable bonds is 3. The fraction of sp³-hybridized carbons (Fsp3) is 0.889. The lowest BCUT2D eigenvalue weighted by atomic mass is 9.88. The van der Waals surface area contributed by atoms with Gasteiger partial charge in [0.2, 0.25) is 5.91 Å². The van der Waals surface area contributed by atoms with Gasteiger partial charge in [-0.05, 0) is 45.4 Å². The van der Waals surface area contributed by atoms with Gasteiger partial charge in [-0.25, -0.2) is 0 Å². The molecule has 1 saturated carbocycles. The second-order valence-corrected chi connectivity index (χ2v) is 8.09. The average Bonchev–Trinajstić information content (AvgIpc) is 2.74. The Kier molecular flexibility index (Phi) is 4.89. The van der Waals surface area contributed by atoms with Crippen LogP contribution >= 0.6 is 0 Å². The van der Waals surface area contributed by atoms with Crippen LogP contribution in [0.2, 0.25) is 0 Å². The van der Waals surface area contributed by atoms with Crippen LogP contribution in [0.25, 0.3) is 0 Å². The molecular formula is C18H30N2O4. The Balaban J connectivity index is 1.55. The van der Waals surface area contributed by atoms with Gasteiger partial charge in [0.1, 0.15) is 12.2 Å². The highest BCUT2D eigenvalue weighted by atomic mass is 16.6. The molecule has 2 aliphatic heterocycles. The lowest BCUT2D eigenvalue weighted by molar-refractivity contribution is -0.158. The minimum Gasteiger partial charge on any atom is -0.368 e. The third kappa shape index (κ3) is 3.59. The van der Waals surface area contributed by atoms with Crippen LogP contribution in [0.4, 0.5) is 0 Å². The first kappa shape index (κ1) is 17.7. The molecule has 1 spiro atoms. The Hall–Kier alpha value is -1.14. The SMILES string of the molecule is CC1CCCCC1OCC(=O)N1CCCC2(C1)NC(=O)C(C)(C)O2. The van der Waals surface area contributed by atoms with Crippen LogP contribution in [0.5, 0.6) is 0 Å². The summed E-state index contributed by atoms with van der Waals surface area (Å²) in [6.07, 6.45) is 6.44. The number of carbonyl (C=O) groups excluding carboxylic acids is 2. The first-order valence-electron chi connectivity index (χ1n) is 9.23. The zero-order valence-corrected chi connectivity index (χ0v) is 15.1. The molecule has 2 saturated heterocycles. The van der Waals surface area contributed by atoms with Crippen molar-refractivity contribution >= 4 is 11.8 Å². The molecule has 0 aromatic heterocycles. The zero-order chi connectivity index (χ0) is 17.4. The quantitative estimate of drug-likeness (QED) is 0.852. The monoisotopic (exact) mass is 338 g/mol. The number of piperidine rings is 1. The molecule has 3 rings (SSSR count). The molecule has 0 aromatic carbocycles. The number of carbonyl (C=O) groups is 2. The van der Waals surface area contributed by atoms with E-state index in [0.29, 0.717) is 19.0 Å². The Morgan fingerprint density at radius 2 is 2.08 bits per heavy atom. The highest BCUT2D eigenvalue weighted by molar-refractivity contribution is 5.87. The lowest BCUT2D eigenvalue weighted by Gasteiger charge is -2.40. The topological polar surface area (TPSA) is 67.9 Å². The van der Waals surface area contributed by atoms with Crippen molar-refractivity contribution in [2.45, 2.75) is 76.7 Å². The molecule has 3 unspecified atom stereocenters. The smallest absolute Gasteiger partial charge is 0.254 e. The lowest BCUT2D eigenvalue weighted by Crippen LogP contribution is -2.57. The molecule has 3 aliphatic rings. The predicted octanol–water partition coefficient (Wildman–Crippen LogP) is 1.83. The van der Waals surface area contributed by atoms with Crippen LogP contribution in [-0.4, -0.2) is 53.8 Å². The summed E-state index contributed by atoms with van der Waals surface area (Å²) in [6.45, 7) is 6.97. The minimum atomic E-state index is -0.833. The molecule has 6 heteroatoms. The Bertz CT molecular complexity index is 507. The number of hydrogen-bond donors (Lipinski definition) is 1. The van der Waals surface area contributed by atoms with Gasteiger partial charge < -0.3 is 19.7 Å². The first-order chi connectivity index (χ1) is 11.3. The third-order valence-electron chi connectivity index (χ3n) is 5.60. The Morgan fingerprint density at radius 3 is 2.75 bits per heavy atom. The highest BCUT2D eigenvalue weighted by Crippen LogP contribution is 2.33. The molecule has 2 amide bonds. The van der Waals surface area contributed by atoms with Crippen LogP contribution in [0, 0.1) is 5.92 Å². The van der Waals surface area contributed by atoms with Gasteiger partial charge in [-0.15, -0.1) is 0 Å². The normalized spacial score (nSPS) is 36.0. The van der Waals surface area contributed by atoms with Crippen molar-refractivity contribution in [2.75, 3.05) is 19.7 Å². The van der Waals surface area contributed by atoms with Crippen molar-refractivity contribution in [3.8, 4) is 0 Å². The molecule has 136 valence electrons. The summed E-state index contributed by atoms with van der Waals surface area (Å²) in [6, 6.07) is 0. The summed E-state index contributed by atoms with van der Waals surface area (Å²) in [5, 5.41) is 2.96. The molecule has 24 heavy (non-hydrogen) atoms. The number of hydrogen-bond acceptors (Lipinski definition) is 4. The molecule has 0 radical (unpaired) electrons. The van der Waals surface area contributed by atoms with E-state index in [-0.39, 0.29) is 24.5 Å². The number of nitrogens with one attached hydrogen (secondary N) is 1. The van der Waals surface area contributed by atoms with Crippen molar-refractivity contribution in [3.63, 3.8) is 0 Å². The largest absolute Gasteiger partial charge is 0.368 e. The molecule has 1 N–H and O–H groups in total. The van der Waals surface area contributed by atoms with Gasteiger partial charge in [-0.3, -0.25) is 9.59 Å². The molecule has 6 nitrogen and oxygen atoms in total. The van der Waals surface area contributed by atoms with Crippen LogP contribution in [0.1, 0.15) is 59.3 Å². The van der Waals surface area contributed by atoms with Crippen LogP contribution in [0.15, 0.2) is 0 Å². The average molecular weight is 338 g/mol. The van der Waals surface area contributed by atoms with E-state index in [1.807, 2.05) is 0 Å². The number of ether oxygens (including phenoxy) is 2. The van der Waals surface area contributed by atoms with Gasteiger partial charge in [-0.1, -0.05) is 19.8 Å². The number of amides is 2. The summed E-state index contributed by atoms with van der Waals surface area (Å²) in [4.78, 5) is 26.4. The first-order valence-corrected chi connectivity index (χ1v) is 9.23. The molecule has 1 aliphatic carbocycles. The van der Waals surface area contributed by atoms with Crippen molar-refractivity contribution in [1.29, 1.82) is 0 Å². The van der Waals surface area contributed by atoms with Crippen molar-refractivity contribution in [3.05, 3.63) is 0 Å². The van der Waals surface area contributed by atoms with E-state index in [0.717, 1.165) is 19.3 Å². The van der Waals surface area contributed by atoms with Crippen molar-refractivity contribution in [2.24, 2.45) is 5.92 Å². The van der Waals surface area contributed by atoms with Crippen LogP contribution < -0.4 is 5.32 Å². The summed E-state index contributed by atoms with van der Waals surface area (Å²) >= 11 is 0. The third-order valence-corrected chi connectivity index (χ3v) is 5.60. The van der Waals surface area contributed by atoms with Gasteiger partial charge in [0.15, 0.2) is 5.72 Å². The van der Waals surface area contributed by atoms with Crippen LogP contribution in [-0.2, 0) is 19.1 Å². The molecule has 2 heterocycles.